The van der Waals surface area contributed by atoms with E-state index in [4.69, 9.17) is 0 Å². The maximum absolute atomic E-state index is 12.6. The van der Waals surface area contributed by atoms with Crippen molar-refractivity contribution >= 4 is 5.91 Å². The molecule has 1 saturated heterocycles. The molecule has 1 fully saturated rings. The minimum Gasteiger partial charge on any atom is -0.339 e. The molecule has 5 nitrogen and oxygen atoms in total. The number of aromatic nitrogens is 2. The summed E-state index contributed by atoms with van der Waals surface area (Å²) < 4.78 is 1.97. The molecule has 1 aromatic heterocycles. The molecule has 1 aromatic carbocycles. The first kappa shape index (κ1) is 17.7. The number of rotatable bonds is 6. The summed E-state index contributed by atoms with van der Waals surface area (Å²) in [6, 6.07) is 10.5. The maximum Gasteiger partial charge on any atom is 0.253 e. The fraction of sp³-hybridized carbons (Fsp3) is 0.500. The minimum absolute atomic E-state index is 0.166. The van der Waals surface area contributed by atoms with Crippen LogP contribution in [-0.4, -0.2) is 39.7 Å². The molecule has 0 saturated carbocycles. The van der Waals surface area contributed by atoms with Gasteiger partial charge in [-0.05, 0) is 56.9 Å². The highest BCUT2D eigenvalue weighted by atomic mass is 16.2. The van der Waals surface area contributed by atoms with E-state index in [0.29, 0.717) is 0 Å². The highest BCUT2D eigenvalue weighted by molar-refractivity contribution is 5.94. The van der Waals surface area contributed by atoms with Crippen molar-refractivity contribution in [2.45, 2.75) is 51.7 Å². The molecule has 0 spiro atoms. The second-order valence-corrected chi connectivity index (χ2v) is 6.95. The molecule has 2 heterocycles. The SMILES string of the molecule is CC(NCc1cccc(C(=O)N2CCCCC2)c1)C(C)n1cccn1. The number of likely N-dealkylation sites (tertiary alicyclic amines) is 1. The first-order chi connectivity index (χ1) is 12.1. The van der Waals surface area contributed by atoms with E-state index in [0.717, 1.165) is 43.6 Å². The van der Waals surface area contributed by atoms with E-state index >= 15 is 0 Å². The zero-order valence-electron chi connectivity index (χ0n) is 15.2. The largest absolute Gasteiger partial charge is 0.339 e. The van der Waals surface area contributed by atoms with E-state index in [-0.39, 0.29) is 18.0 Å². The first-order valence-corrected chi connectivity index (χ1v) is 9.26. The minimum atomic E-state index is 0.166. The van der Waals surface area contributed by atoms with Crippen molar-refractivity contribution in [1.82, 2.24) is 20.0 Å². The molecular formula is C20H28N4O. The van der Waals surface area contributed by atoms with Gasteiger partial charge in [-0.25, -0.2) is 0 Å². The number of hydrogen-bond donors (Lipinski definition) is 1. The molecule has 0 aliphatic carbocycles. The average Bonchev–Trinajstić information content (AvgIpc) is 3.20. The van der Waals surface area contributed by atoms with E-state index in [1.54, 1.807) is 6.20 Å². The van der Waals surface area contributed by atoms with Crippen LogP contribution in [-0.2, 0) is 6.54 Å². The Balaban J connectivity index is 1.58. The van der Waals surface area contributed by atoms with Gasteiger partial charge in [0.15, 0.2) is 0 Å². The van der Waals surface area contributed by atoms with Crippen LogP contribution in [0.25, 0.3) is 0 Å². The van der Waals surface area contributed by atoms with E-state index in [9.17, 15) is 4.79 Å². The third kappa shape index (κ3) is 4.48. The molecule has 1 aliphatic rings. The van der Waals surface area contributed by atoms with Gasteiger partial charge < -0.3 is 10.2 Å². The quantitative estimate of drug-likeness (QED) is 0.878. The number of amides is 1. The smallest absolute Gasteiger partial charge is 0.253 e. The normalized spacial score (nSPS) is 17.3. The number of nitrogens with zero attached hydrogens (tertiary/aromatic N) is 3. The van der Waals surface area contributed by atoms with Crippen LogP contribution in [0, 0.1) is 0 Å². The third-order valence-corrected chi connectivity index (χ3v) is 5.11. The lowest BCUT2D eigenvalue weighted by molar-refractivity contribution is 0.0724. The molecule has 2 aromatic rings. The standard InChI is InChI=1S/C20H28N4O/c1-16(17(2)24-13-7-10-22-24)21-15-18-8-6-9-19(14-18)20(25)23-11-4-3-5-12-23/h6-10,13-14,16-17,21H,3-5,11-12,15H2,1-2H3. The molecule has 2 atom stereocenters. The van der Waals surface area contributed by atoms with Gasteiger partial charge in [-0.3, -0.25) is 9.48 Å². The molecular weight excluding hydrogens is 312 g/mol. The summed E-state index contributed by atoms with van der Waals surface area (Å²) in [5, 5.41) is 7.85. The van der Waals surface area contributed by atoms with Gasteiger partial charge in [-0.1, -0.05) is 12.1 Å². The van der Waals surface area contributed by atoms with Crippen molar-refractivity contribution in [3.05, 3.63) is 53.9 Å². The summed E-state index contributed by atoms with van der Waals surface area (Å²) in [7, 11) is 0. The Bertz CT molecular complexity index is 677. The molecule has 1 amide bonds. The Labute approximate surface area is 150 Å². The van der Waals surface area contributed by atoms with Gasteiger partial charge in [-0.15, -0.1) is 0 Å². The molecule has 25 heavy (non-hydrogen) atoms. The first-order valence-electron chi connectivity index (χ1n) is 9.26. The fourth-order valence-electron chi connectivity index (χ4n) is 3.29. The molecule has 134 valence electrons. The van der Waals surface area contributed by atoms with Gasteiger partial charge in [-0.2, -0.15) is 5.10 Å². The average molecular weight is 340 g/mol. The van der Waals surface area contributed by atoms with Gasteiger partial charge in [0, 0.05) is 43.6 Å². The summed E-state index contributed by atoms with van der Waals surface area (Å²) in [6.07, 6.45) is 7.27. The van der Waals surface area contributed by atoms with Crippen LogP contribution in [0.3, 0.4) is 0 Å². The van der Waals surface area contributed by atoms with Crippen molar-refractivity contribution in [2.75, 3.05) is 13.1 Å². The van der Waals surface area contributed by atoms with Gasteiger partial charge in [0.05, 0.1) is 6.04 Å². The fourth-order valence-corrected chi connectivity index (χ4v) is 3.29. The van der Waals surface area contributed by atoms with Crippen LogP contribution in [0.1, 0.15) is 55.1 Å². The van der Waals surface area contributed by atoms with Crippen LogP contribution >= 0.6 is 0 Å². The van der Waals surface area contributed by atoms with Crippen molar-refractivity contribution in [3.63, 3.8) is 0 Å². The summed E-state index contributed by atoms with van der Waals surface area (Å²) >= 11 is 0. The van der Waals surface area contributed by atoms with Crippen LogP contribution in [0.4, 0.5) is 0 Å². The molecule has 0 bridgehead atoms. The Hall–Kier alpha value is -2.14. The molecule has 3 rings (SSSR count). The number of nitrogens with one attached hydrogen (secondary N) is 1. The van der Waals surface area contributed by atoms with Gasteiger partial charge in [0.1, 0.15) is 0 Å². The topological polar surface area (TPSA) is 50.2 Å². The second-order valence-electron chi connectivity index (χ2n) is 6.95. The van der Waals surface area contributed by atoms with E-state index in [1.165, 1.54) is 6.42 Å². The molecule has 1 N–H and O–H groups in total. The van der Waals surface area contributed by atoms with Crippen molar-refractivity contribution in [1.29, 1.82) is 0 Å². The van der Waals surface area contributed by atoms with Crippen molar-refractivity contribution < 1.29 is 4.79 Å². The van der Waals surface area contributed by atoms with Crippen LogP contribution in [0.15, 0.2) is 42.7 Å². The predicted octanol–water partition coefficient (Wildman–Crippen LogP) is 3.25. The molecule has 5 heteroatoms. The lowest BCUT2D eigenvalue weighted by Gasteiger charge is -2.27. The molecule has 2 unspecified atom stereocenters. The van der Waals surface area contributed by atoms with Crippen molar-refractivity contribution in [3.8, 4) is 0 Å². The van der Waals surface area contributed by atoms with Crippen LogP contribution in [0.5, 0.6) is 0 Å². The second kappa shape index (κ2) is 8.30. The van der Waals surface area contributed by atoms with E-state index in [1.807, 2.05) is 40.0 Å². The molecule has 1 aliphatic heterocycles. The van der Waals surface area contributed by atoms with Crippen LogP contribution in [0.2, 0.25) is 0 Å². The monoisotopic (exact) mass is 340 g/mol. The number of carbonyl (C=O) groups is 1. The number of hydrogen-bond acceptors (Lipinski definition) is 3. The number of piperidine rings is 1. The third-order valence-electron chi connectivity index (χ3n) is 5.11. The highest BCUT2D eigenvalue weighted by Crippen LogP contribution is 2.15. The van der Waals surface area contributed by atoms with Gasteiger partial charge in [0.25, 0.3) is 5.91 Å². The predicted molar refractivity (Wildman–Crippen MR) is 99.4 cm³/mol. The van der Waals surface area contributed by atoms with Gasteiger partial charge >= 0.3 is 0 Å². The lowest BCUT2D eigenvalue weighted by Crippen LogP contribution is -2.36. The Kier molecular flexibility index (Phi) is 5.87. The summed E-state index contributed by atoms with van der Waals surface area (Å²) in [6.45, 7) is 6.84. The summed E-state index contributed by atoms with van der Waals surface area (Å²) in [5.74, 6) is 0.166. The lowest BCUT2D eigenvalue weighted by atomic mass is 10.1. The van der Waals surface area contributed by atoms with Crippen LogP contribution < -0.4 is 5.32 Å². The van der Waals surface area contributed by atoms with E-state index in [2.05, 4.69) is 30.3 Å². The van der Waals surface area contributed by atoms with Crippen molar-refractivity contribution in [2.24, 2.45) is 0 Å². The highest BCUT2D eigenvalue weighted by Gasteiger charge is 2.18. The number of benzene rings is 1. The zero-order valence-corrected chi connectivity index (χ0v) is 15.2. The Morgan fingerprint density at radius 3 is 2.72 bits per heavy atom. The molecule has 0 radical (unpaired) electrons. The zero-order chi connectivity index (χ0) is 17.6. The number of carbonyl (C=O) groups excluding carboxylic acids is 1. The summed E-state index contributed by atoms with van der Waals surface area (Å²) in [5.41, 5.74) is 1.94. The Morgan fingerprint density at radius 2 is 2.00 bits per heavy atom. The maximum atomic E-state index is 12.6. The Morgan fingerprint density at radius 1 is 1.20 bits per heavy atom. The van der Waals surface area contributed by atoms with Gasteiger partial charge in [0.2, 0.25) is 0 Å². The van der Waals surface area contributed by atoms with E-state index < -0.39 is 0 Å². The summed E-state index contributed by atoms with van der Waals surface area (Å²) in [4.78, 5) is 14.6.